The summed E-state index contributed by atoms with van der Waals surface area (Å²) in [5.41, 5.74) is 5.67. The van der Waals surface area contributed by atoms with Gasteiger partial charge in [-0.2, -0.15) is 5.10 Å². The molecular formula is C23H26N6O2. The van der Waals surface area contributed by atoms with Crippen molar-refractivity contribution in [2.24, 2.45) is 5.41 Å². The fraction of sp³-hybridized carbons (Fsp3) is 0.391. The highest BCUT2D eigenvalue weighted by Crippen LogP contribution is 2.38. The van der Waals surface area contributed by atoms with E-state index >= 15 is 0 Å². The van der Waals surface area contributed by atoms with Crippen LogP contribution in [0.2, 0.25) is 0 Å². The lowest BCUT2D eigenvalue weighted by atomic mass is 9.76. The predicted molar refractivity (Wildman–Crippen MR) is 118 cm³/mol. The Morgan fingerprint density at radius 1 is 1.32 bits per heavy atom. The third-order valence-electron chi connectivity index (χ3n) is 5.98. The van der Waals surface area contributed by atoms with Gasteiger partial charge in [-0.05, 0) is 48.4 Å². The zero-order valence-electron chi connectivity index (χ0n) is 17.8. The van der Waals surface area contributed by atoms with Gasteiger partial charge in [-0.15, -0.1) is 0 Å². The Morgan fingerprint density at radius 2 is 2.23 bits per heavy atom. The Hall–Kier alpha value is -3.42. The van der Waals surface area contributed by atoms with Crippen molar-refractivity contribution in [3.63, 3.8) is 0 Å². The molecule has 3 aromatic heterocycles. The molecule has 1 amide bonds. The smallest absolute Gasteiger partial charge is 0.415 e. The first kappa shape index (κ1) is 19.5. The lowest BCUT2D eigenvalue weighted by molar-refractivity contribution is 0.181. The van der Waals surface area contributed by atoms with E-state index in [0.29, 0.717) is 31.3 Å². The molecule has 4 heterocycles. The van der Waals surface area contributed by atoms with Crippen LogP contribution >= 0.6 is 0 Å². The molecule has 2 N–H and O–H groups in total. The SMILES string of the molecule is CC1(C)CCc2c(-c3cc(NCc4cccnc4)nc(N4CCOC4=O)c3)n[nH]c2C1. The van der Waals surface area contributed by atoms with Gasteiger partial charge < -0.3 is 10.1 Å². The first-order valence-electron chi connectivity index (χ1n) is 10.6. The van der Waals surface area contributed by atoms with Gasteiger partial charge in [0.15, 0.2) is 0 Å². The lowest BCUT2D eigenvalue weighted by Crippen LogP contribution is -2.24. The maximum atomic E-state index is 12.2. The summed E-state index contributed by atoms with van der Waals surface area (Å²) in [6, 6.07) is 7.84. The van der Waals surface area contributed by atoms with Crippen molar-refractivity contribution < 1.29 is 9.53 Å². The molecule has 8 nitrogen and oxygen atoms in total. The average molecular weight is 419 g/mol. The van der Waals surface area contributed by atoms with E-state index in [1.165, 1.54) is 11.3 Å². The second-order valence-electron chi connectivity index (χ2n) is 8.95. The Morgan fingerprint density at radius 3 is 3.00 bits per heavy atom. The molecule has 31 heavy (non-hydrogen) atoms. The molecule has 0 aromatic carbocycles. The molecule has 1 fully saturated rings. The minimum atomic E-state index is -0.367. The Labute approximate surface area is 181 Å². The number of fused-ring (bicyclic) bond motifs is 1. The molecule has 0 radical (unpaired) electrons. The van der Waals surface area contributed by atoms with Crippen LogP contribution in [-0.4, -0.2) is 39.4 Å². The number of nitrogens with zero attached hydrogens (tertiary/aromatic N) is 4. The van der Waals surface area contributed by atoms with Gasteiger partial charge in [0.05, 0.1) is 12.2 Å². The monoisotopic (exact) mass is 418 g/mol. The Bertz CT molecular complexity index is 1110. The van der Waals surface area contributed by atoms with Gasteiger partial charge in [-0.3, -0.25) is 15.0 Å². The van der Waals surface area contributed by atoms with Crippen LogP contribution in [0.1, 0.15) is 37.1 Å². The summed E-state index contributed by atoms with van der Waals surface area (Å²) in [5, 5.41) is 11.3. The van der Waals surface area contributed by atoms with E-state index in [9.17, 15) is 4.79 Å². The molecule has 0 bridgehead atoms. The number of nitrogens with one attached hydrogen (secondary N) is 2. The van der Waals surface area contributed by atoms with Crippen molar-refractivity contribution in [3.8, 4) is 11.3 Å². The number of anilines is 2. The maximum Gasteiger partial charge on any atom is 0.415 e. The summed E-state index contributed by atoms with van der Waals surface area (Å²) < 4.78 is 5.13. The van der Waals surface area contributed by atoms with Crippen LogP contribution in [0.15, 0.2) is 36.7 Å². The molecule has 8 heteroatoms. The number of hydrogen-bond acceptors (Lipinski definition) is 6. The van der Waals surface area contributed by atoms with Crippen LogP contribution < -0.4 is 10.2 Å². The van der Waals surface area contributed by atoms with Crippen molar-refractivity contribution in [1.29, 1.82) is 0 Å². The van der Waals surface area contributed by atoms with Gasteiger partial charge in [-0.25, -0.2) is 9.78 Å². The number of carbonyl (C=O) groups excluding carboxylic acids is 1. The summed E-state index contributed by atoms with van der Waals surface area (Å²) >= 11 is 0. The van der Waals surface area contributed by atoms with E-state index in [2.05, 4.69) is 39.3 Å². The number of H-pyrrole nitrogens is 1. The minimum Gasteiger partial charge on any atom is -0.447 e. The number of carbonyl (C=O) groups is 1. The lowest BCUT2D eigenvalue weighted by Gasteiger charge is -2.29. The topological polar surface area (TPSA) is 96.0 Å². The first-order chi connectivity index (χ1) is 15.0. The van der Waals surface area contributed by atoms with Crippen LogP contribution in [0.5, 0.6) is 0 Å². The van der Waals surface area contributed by atoms with E-state index in [0.717, 1.165) is 36.1 Å². The van der Waals surface area contributed by atoms with Crippen molar-refractivity contribution in [3.05, 3.63) is 53.5 Å². The third-order valence-corrected chi connectivity index (χ3v) is 5.98. The van der Waals surface area contributed by atoms with Gasteiger partial charge in [0.25, 0.3) is 0 Å². The van der Waals surface area contributed by atoms with Gasteiger partial charge >= 0.3 is 6.09 Å². The molecule has 160 valence electrons. The van der Waals surface area contributed by atoms with E-state index in [4.69, 9.17) is 4.74 Å². The van der Waals surface area contributed by atoms with Gasteiger partial charge in [0.1, 0.15) is 18.2 Å². The molecular weight excluding hydrogens is 392 g/mol. The molecule has 1 aliphatic carbocycles. The third kappa shape index (κ3) is 3.97. The first-order valence-corrected chi connectivity index (χ1v) is 10.6. The second-order valence-corrected chi connectivity index (χ2v) is 8.95. The number of ether oxygens (including phenoxy) is 1. The molecule has 1 saturated heterocycles. The second kappa shape index (κ2) is 7.68. The average Bonchev–Trinajstić information content (AvgIpc) is 3.37. The Kier molecular flexibility index (Phi) is 4.84. The van der Waals surface area contributed by atoms with Crippen molar-refractivity contribution in [2.75, 3.05) is 23.4 Å². The van der Waals surface area contributed by atoms with Crippen LogP contribution in [0.4, 0.5) is 16.4 Å². The predicted octanol–water partition coefficient (Wildman–Crippen LogP) is 3.95. The zero-order valence-corrected chi connectivity index (χ0v) is 17.8. The Balaban J connectivity index is 1.51. The summed E-state index contributed by atoms with van der Waals surface area (Å²) in [6.45, 7) is 6.03. The highest BCUT2D eigenvalue weighted by atomic mass is 16.6. The molecule has 0 atom stereocenters. The van der Waals surface area contributed by atoms with Gasteiger partial charge in [-0.1, -0.05) is 19.9 Å². The molecule has 0 spiro atoms. The zero-order chi connectivity index (χ0) is 21.4. The van der Waals surface area contributed by atoms with Crippen molar-refractivity contribution in [2.45, 2.75) is 39.7 Å². The summed E-state index contributed by atoms with van der Waals surface area (Å²) in [4.78, 5) is 22.6. The summed E-state index contributed by atoms with van der Waals surface area (Å²) in [6.07, 6.45) is 6.29. The number of rotatable bonds is 5. The number of aromatic amines is 1. The van der Waals surface area contributed by atoms with E-state index in [-0.39, 0.29) is 11.5 Å². The van der Waals surface area contributed by atoms with Crippen LogP contribution in [-0.2, 0) is 24.1 Å². The van der Waals surface area contributed by atoms with Crippen LogP contribution in [0.25, 0.3) is 11.3 Å². The van der Waals surface area contributed by atoms with Crippen LogP contribution in [0, 0.1) is 5.41 Å². The van der Waals surface area contributed by atoms with E-state index < -0.39 is 0 Å². The quantitative estimate of drug-likeness (QED) is 0.651. The van der Waals surface area contributed by atoms with E-state index in [1.54, 1.807) is 11.1 Å². The largest absolute Gasteiger partial charge is 0.447 e. The molecule has 0 unspecified atom stereocenters. The summed E-state index contributed by atoms with van der Waals surface area (Å²) in [7, 11) is 0. The normalized spacial score (nSPS) is 17.4. The minimum absolute atomic E-state index is 0.274. The molecule has 3 aromatic rings. The number of aromatic nitrogens is 4. The highest BCUT2D eigenvalue weighted by molar-refractivity contribution is 5.89. The number of cyclic esters (lactones) is 1. The highest BCUT2D eigenvalue weighted by Gasteiger charge is 2.30. The van der Waals surface area contributed by atoms with Gasteiger partial charge in [0.2, 0.25) is 0 Å². The van der Waals surface area contributed by atoms with Crippen molar-refractivity contribution >= 4 is 17.7 Å². The standard InChI is InChI=1S/C23H26N6O2/c1-23(2)6-5-17-18(12-23)27-28-21(17)16-10-19(25-14-15-4-3-7-24-13-15)26-20(11-16)29-8-9-31-22(29)30/h3-4,7,10-11,13H,5-6,8-9,12,14H2,1-2H3,(H,25,26)(H,27,28). The number of hydrogen-bond donors (Lipinski definition) is 2. The fourth-order valence-electron chi connectivity index (χ4n) is 4.26. The van der Waals surface area contributed by atoms with E-state index in [1.807, 2.05) is 30.5 Å². The summed E-state index contributed by atoms with van der Waals surface area (Å²) in [5.74, 6) is 1.26. The van der Waals surface area contributed by atoms with Gasteiger partial charge in [0, 0.05) is 35.8 Å². The number of pyridine rings is 2. The maximum absolute atomic E-state index is 12.2. The fourth-order valence-corrected chi connectivity index (χ4v) is 4.26. The van der Waals surface area contributed by atoms with Crippen molar-refractivity contribution in [1.82, 2.24) is 20.2 Å². The molecule has 0 saturated carbocycles. The van der Waals surface area contributed by atoms with Crippen LogP contribution in [0.3, 0.4) is 0 Å². The molecule has 1 aliphatic heterocycles. The molecule has 2 aliphatic rings. The molecule has 5 rings (SSSR count). The number of amides is 1.